The molecular weight excluding hydrogens is 445 g/mol. The van der Waals surface area contributed by atoms with E-state index in [1.807, 2.05) is 6.07 Å². The quantitative estimate of drug-likeness (QED) is 0.368. The highest BCUT2D eigenvalue weighted by atomic mass is 35.5. The van der Waals surface area contributed by atoms with Crippen LogP contribution in [-0.2, 0) is 24.2 Å². The number of ether oxygens (including phenoxy) is 1. The Hall–Kier alpha value is -2.72. The fourth-order valence-electron chi connectivity index (χ4n) is 2.98. The van der Waals surface area contributed by atoms with Gasteiger partial charge in [-0.25, -0.2) is 0 Å². The van der Waals surface area contributed by atoms with Gasteiger partial charge in [0.15, 0.2) is 13.0 Å². The Balaban J connectivity index is 1.91. The van der Waals surface area contributed by atoms with Crippen LogP contribution in [0.2, 0.25) is 5.02 Å². The number of hydrogen-bond acceptors (Lipinski definition) is 5. The number of nitrogens with one attached hydrogen (secondary N) is 1. The number of hydrogen-bond donors (Lipinski definition) is 2. The molecule has 0 amide bonds. The van der Waals surface area contributed by atoms with E-state index in [-0.39, 0.29) is 6.73 Å². The van der Waals surface area contributed by atoms with E-state index >= 15 is 0 Å². The molecule has 0 bridgehead atoms. The second-order valence-electron chi connectivity index (χ2n) is 7.02. The molecule has 0 saturated carbocycles. The summed E-state index contributed by atoms with van der Waals surface area (Å²) < 4.78 is 44.0. The molecule has 10 heteroatoms. The lowest BCUT2D eigenvalue weighted by molar-refractivity contribution is -0.137. The Kier molecular flexibility index (Phi) is 7.68. The summed E-state index contributed by atoms with van der Waals surface area (Å²) in [6, 6.07) is 10.3. The monoisotopic (exact) mass is 466 g/mol. The third-order valence-corrected chi connectivity index (χ3v) is 4.59. The molecule has 2 aromatic carbocycles. The van der Waals surface area contributed by atoms with Crippen molar-refractivity contribution < 1.29 is 23.0 Å². The third-order valence-electron chi connectivity index (χ3n) is 4.38. The maximum Gasteiger partial charge on any atom is 0.416 e. The van der Waals surface area contributed by atoms with Crippen LogP contribution in [0.25, 0.3) is 23.4 Å². The summed E-state index contributed by atoms with van der Waals surface area (Å²) in [7, 11) is 1.77. The van der Waals surface area contributed by atoms with E-state index in [2.05, 4.69) is 15.5 Å². The molecule has 0 aliphatic heterocycles. The average molecular weight is 467 g/mol. The molecule has 0 aliphatic rings. The molecule has 170 valence electrons. The molecule has 3 aromatic rings. The first-order valence-corrected chi connectivity index (χ1v) is 10.1. The summed E-state index contributed by atoms with van der Waals surface area (Å²) >= 11 is 6.29. The van der Waals surface area contributed by atoms with E-state index in [1.54, 1.807) is 37.4 Å². The summed E-state index contributed by atoms with van der Waals surface area (Å²) in [5, 5.41) is 21.6. The van der Waals surface area contributed by atoms with Gasteiger partial charge in [-0.2, -0.15) is 28.2 Å². The topological polar surface area (TPSA) is 72.2 Å². The maximum absolute atomic E-state index is 12.9. The molecule has 1 aromatic heterocycles. The van der Waals surface area contributed by atoms with Crippen LogP contribution in [0.4, 0.5) is 13.2 Å². The van der Waals surface area contributed by atoms with Crippen molar-refractivity contribution in [2.45, 2.75) is 32.7 Å². The van der Waals surface area contributed by atoms with Gasteiger partial charge in [-0.15, -0.1) is 0 Å². The molecule has 0 fully saturated rings. The molecule has 0 aliphatic carbocycles. The van der Waals surface area contributed by atoms with E-state index in [4.69, 9.17) is 16.3 Å². The van der Waals surface area contributed by atoms with Crippen LogP contribution in [0.15, 0.2) is 42.5 Å². The lowest BCUT2D eigenvalue weighted by atomic mass is 10.0. The summed E-state index contributed by atoms with van der Waals surface area (Å²) in [5.41, 5.74) is 2.31. The van der Waals surface area contributed by atoms with Gasteiger partial charge in [0, 0.05) is 17.1 Å². The predicted octanol–water partition coefficient (Wildman–Crippen LogP) is 4.82. The lowest BCUT2D eigenvalue weighted by Crippen LogP contribution is -2.13. The average Bonchev–Trinajstić information content (AvgIpc) is 3.13. The van der Waals surface area contributed by atoms with Crippen LogP contribution in [0, 0.1) is 0 Å². The molecule has 1 atom stereocenters. The number of rotatable bonds is 8. The van der Waals surface area contributed by atoms with Crippen molar-refractivity contribution in [3.63, 3.8) is 0 Å². The number of alkyl halides is 3. The highest BCUT2D eigenvalue weighted by Gasteiger charge is 2.30. The van der Waals surface area contributed by atoms with Gasteiger partial charge in [0.25, 0.3) is 0 Å². The van der Waals surface area contributed by atoms with Crippen molar-refractivity contribution >= 4 is 23.8 Å². The molecule has 0 radical (unpaired) electrons. The Morgan fingerprint density at radius 3 is 2.59 bits per heavy atom. The van der Waals surface area contributed by atoms with Gasteiger partial charge in [0.1, 0.15) is 11.4 Å². The molecule has 0 saturated heterocycles. The summed E-state index contributed by atoms with van der Waals surface area (Å²) in [6.07, 6.45) is -2.09. The number of aromatic nitrogens is 3. The van der Waals surface area contributed by atoms with Crippen molar-refractivity contribution in [2.24, 2.45) is 0 Å². The van der Waals surface area contributed by atoms with Crippen molar-refractivity contribution in [3.8, 4) is 11.3 Å². The fraction of sp³-hybridized carbons (Fsp3) is 0.273. The van der Waals surface area contributed by atoms with Gasteiger partial charge in [-0.1, -0.05) is 35.9 Å². The SMILES string of the molecule is CNCc1nn(COC(C)O)nc1-c1cc(Cl)cc(/C=C/c2cccc(C(F)(F)F)c2)c1. The highest BCUT2D eigenvalue weighted by molar-refractivity contribution is 6.31. The maximum atomic E-state index is 12.9. The number of aliphatic hydroxyl groups excluding tert-OH is 1. The van der Waals surface area contributed by atoms with Gasteiger partial charge in [0.05, 0.1) is 5.56 Å². The number of aliphatic hydroxyl groups is 1. The van der Waals surface area contributed by atoms with Crippen molar-refractivity contribution in [1.82, 2.24) is 20.3 Å². The van der Waals surface area contributed by atoms with E-state index in [0.29, 0.717) is 39.6 Å². The lowest BCUT2D eigenvalue weighted by Gasteiger charge is -2.07. The first kappa shape index (κ1) is 23.9. The molecule has 1 heterocycles. The minimum absolute atomic E-state index is 0.0305. The molecule has 3 rings (SSSR count). The zero-order valence-electron chi connectivity index (χ0n) is 17.4. The van der Waals surface area contributed by atoms with E-state index in [0.717, 1.165) is 12.1 Å². The second-order valence-corrected chi connectivity index (χ2v) is 7.46. The predicted molar refractivity (Wildman–Crippen MR) is 116 cm³/mol. The third kappa shape index (κ3) is 6.39. The highest BCUT2D eigenvalue weighted by Crippen LogP contribution is 2.30. The van der Waals surface area contributed by atoms with Crippen LogP contribution in [0.3, 0.4) is 0 Å². The molecule has 0 spiro atoms. The van der Waals surface area contributed by atoms with E-state index in [1.165, 1.54) is 17.8 Å². The smallest absolute Gasteiger partial charge is 0.368 e. The number of halogens is 4. The standard InChI is InChI=1S/C22H22ClF3N4O2/c1-14(31)32-13-30-28-20(12-27-2)21(29-30)17-8-16(10-19(23)11-17)7-6-15-4-3-5-18(9-15)22(24,25)26/h3-11,14,27,31H,12-13H2,1-2H3/b7-6+. The zero-order chi connectivity index (χ0) is 23.3. The summed E-state index contributed by atoms with van der Waals surface area (Å²) in [6.45, 7) is 1.89. The Morgan fingerprint density at radius 2 is 1.91 bits per heavy atom. The molecule has 6 nitrogen and oxygen atoms in total. The Morgan fingerprint density at radius 1 is 1.16 bits per heavy atom. The molecule has 32 heavy (non-hydrogen) atoms. The number of benzene rings is 2. The van der Waals surface area contributed by atoms with Crippen molar-refractivity contribution in [3.05, 3.63) is 69.9 Å². The van der Waals surface area contributed by atoms with Crippen LogP contribution in [0.1, 0.15) is 29.3 Å². The van der Waals surface area contributed by atoms with Gasteiger partial charge >= 0.3 is 6.18 Å². The van der Waals surface area contributed by atoms with E-state index < -0.39 is 18.0 Å². The largest absolute Gasteiger partial charge is 0.416 e. The number of nitrogens with zero attached hydrogens (tertiary/aromatic N) is 3. The van der Waals surface area contributed by atoms with Crippen LogP contribution < -0.4 is 5.32 Å². The summed E-state index contributed by atoms with van der Waals surface area (Å²) in [4.78, 5) is 1.33. The van der Waals surface area contributed by atoms with Gasteiger partial charge in [-0.05, 0) is 55.4 Å². The van der Waals surface area contributed by atoms with Crippen molar-refractivity contribution in [1.29, 1.82) is 0 Å². The zero-order valence-corrected chi connectivity index (χ0v) is 18.2. The first-order valence-electron chi connectivity index (χ1n) is 9.70. The first-order chi connectivity index (χ1) is 15.2. The fourth-order valence-corrected chi connectivity index (χ4v) is 3.23. The van der Waals surface area contributed by atoms with Crippen LogP contribution >= 0.6 is 11.6 Å². The van der Waals surface area contributed by atoms with Crippen LogP contribution in [0.5, 0.6) is 0 Å². The van der Waals surface area contributed by atoms with Gasteiger partial charge in [-0.3, -0.25) is 0 Å². The van der Waals surface area contributed by atoms with Crippen molar-refractivity contribution in [2.75, 3.05) is 7.05 Å². The van der Waals surface area contributed by atoms with Gasteiger partial charge < -0.3 is 15.2 Å². The molecule has 2 N–H and O–H groups in total. The Bertz CT molecular complexity index is 1100. The van der Waals surface area contributed by atoms with Gasteiger partial charge in [0.2, 0.25) is 0 Å². The molecule has 1 unspecified atom stereocenters. The Labute approximate surface area is 188 Å². The molecular formula is C22H22ClF3N4O2. The van der Waals surface area contributed by atoms with E-state index in [9.17, 15) is 18.3 Å². The minimum Gasteiger partial charge on any atom is -0.368 e. The van der Waals surface area contributed by atoms with Crippen LogP contribution in [-0.4, -0.2) is 33.4 Å². The minimum atomic E-state index is -4.40. The summed E-state index contributed by atoms with van der Waals surface area (Å²) in [5.74, 6) is 0. The normalized spacial score (nSPS) is 13.1. The second kappa shape index (κ2) is 10.3.